The smallest absolute Gasteiger partial charge is 0.119 e. The molecule has 0 saturated heterocycles. The van der Waals surface area contributed by atoms with Gasteiger partial charge in [0, 0.05) is 25.7 Å². The van der Waals surface area contributed by atoms with Crippen LogP contribution in [0.25, 0.3) is 0 Å². The number of nitrogens with one attached hydrogen (secondary N) is 1. The standard InChI is InChI=1S/C15H26N2O/c1-5-13(2)17(3)10-9-16-12-14-7-6-8-15(11-14)18-4/h6-8,11,13,16H,5,9-10,12H2,1-4H3. The molecule has 0 fully saturated rings. The molecule has 1 rings (SSSR count). The highest BCUT2D eigenvalue weighted by atomic mass is 16.5. The first kappa shape index (κ1) is 15.0. The third-order valence-corrected chi connectivity index (χ3v) is 3.45. The summed E-state index contributed by atoms with van der Waals surface area (Å²) in [6, 6.07) is 8.85. The summed E-state index contributed by atoms with van der Waals surface area (Å²) in [5, 5.41) is 3.47. The quantitative estimate of drug-likeness (QED) is 0.718. The summed E-state index contributed by atoms with van der Waals surface area (Å²) >= 11 is 0. The molecule has 0 bridgehead atoms. The van der Waals surface area contributed by atoms with Crippen LogP contribution in [0, 0.1) is 0 Å². The van der Waals surface area contributed by atoms with Crippen molar-refractivity contribution < 1.29 is 4.74 Å². The van der Waals surface area contributed by atoms with Crippen LogP contribution in [0.3, 0.4) is 0 Å². The SMILES string of the molecule is CCC(C)N(C)CCNCc1cccc(OC)c1. The molecule has 1 aromatic carbocycles. The topological polar surface area (TPSA) is 24.5 Å². The van der Waals surface area contributed by atoms with Crippen molar-refractivity contribution in [2.75, 3.05) is 27.2 Å². The summed E-state index contributed by atoms with van der Waals surface area (Å²) in [6.07, 6.45) is 1.20. The molecule has 1 aromatic rings. The van der Waals surface area contributed by atoms with Crippen LogP contribution in [-0.4, -0.2) is 38.2 Å². The maximum atomic E-state index is 5.21. The Hall–Kier alpha value is -1.06. The first-order valence-corrected chi connectivity index (χ1v) is 6.71. The number of benzene rings is 1. The maximum absolute atomic E-state index is 5.21. The molecule has 0 radical (unpaired) electrons. The van der Waals surface area contributed by atoms with Crippen LogP contribution in [0.15, 0.2) is 24.3 Å². The Kier molecular flexibility index (Phi) is 6.76. The molecular weight excluding hydrogens is 224 g/mol. The van der Waals surface area contributed by atoms with Crippen LogP contribution in [0.2, 0.25) is 0 Å². The molecule has 1 N–H and O–H groups in total. The van der Waals surface area contributed by atoms with Gasteiger partial charge in [0.15, 0.2) is 0 Å². The molecule has 0 amide bonds. The second kappa shape index (κ2) is 8.11. The molecule has 0 aliphatic rings. The number of nitrogens with zero attached hydrogens (tertiary/aromatic N) is 1. The lowest BCUT2D eigenvalue weighted by Gasteiger charge is -2.23. The molecule has 0 aromatic heterocycles. The third kappa shape index (κ3) is 5.07. The third-order valence-electron chi connectivity index (χ3n) is 3.45. The van der Waals surface area contributed by atoms with E-state index in [1.54, 1.807) is 7.11 Å². The Balaban J connectivity index is 2.25. The summed E-state index contributed by atoms with van der Waals surface area (Å²) in [5.74, 6) is 0.922. The Labute approximate surface area is 111 Å². The number of methoxy groups -OCH3 is 1. The van der Waals surface area contributed by atoms with E-state index < -0.39 is 0 Å². The van der Waals surface area contributed by atoms with Gasteiger partial charge in [-0.15, -0.1) is 0 Å². The fourth-order valence-corrected chi connectivity index (χ4v) is 1.80. The van der Waals surface area contributed by atoms with E-state index in [0.29, 0.717) is 6.04 Å². The monoisotopic (exact) mass is 250 g/mol. The second-order valence-electron chi connectivity index (χ2n) is 4.77. The highest BCUT2D eigenvalue weighted by Crippen LogP contribution is 2.11. The average Bonchev–Trinajstić information content (AvgIpc) is 2.42. The lowest BCUT2D eigenvalue weighted by molar-refractivity contribution is 0.251. The Morgan fingerprint density at radius 2 is 2.17 bits per heavy atom. The van der Waals surface area contributed by atoms with E-state index >= 15 is 0 Å². The zero-order valence-electron chi connectivity index (χ0n) is 12.1. The van der Waals surface area contributed by atoms with Gasteiger partial charge in [-0.05, 0) is 38.1 Å². The minimum Gasteiger partial charge on any atom is -0.497 e. The molecule has 0 heterocycles. The Morgan fingerprint density at radius 1 is 1.39 bits per heavy atom. The average molecular weight is 250 g/mol. The number of likely N-dealkylation sites (N-methyl/N-ethyl adjacent to an activating group) is 1. The van der Waals surface area contributed by atoms with E-state index in [9.17, 15) is 0 Å². The first-order valence-electron chi connectivity index (χ1n) is 6.71. The second-order valence-corrected chi connectivity index (χ2v) is 4.77. The van der Waals surface area contributed by atoms with Crippen molar-refractivity contribution in [2.45, 2.75) is 32.9 Å². The molecule has 1 unspecified atom stereocenters. The molecule has 0 aliphatic carbocycles. The van der Waals surface area contributed by atoms with E-state index in [2.05, 4.69) is 43.2 Å². The van der Waals surface area contributed by atoms with Crippen LogP contribution in [0.1, 0.15) is 25.8 Å². The summed E-state index contributed by atoms with van der Waals surface area (Å²) in [7, 11) is 3.88. The van der Waals surface area contributed by atoms with E-state index in [1.807, 2.05) is 12.1 Å². The van der Waals surface area contributed by atoms with E-state index in [1.165, 1.54) is 12.0 Å². The van der Waals surface area contributed by atoms with Crippen molar-refractivity contribution >= 4 is 0 Å². The van der Waals surface area contributed by atoms with E-state index in [0.717, 1.165) is 25.4 Å². The van der Waals surface area contributed by atoms with Gasteiger partial charge in [0.25, 0.3) is 0 Å². The van der Waals surface area contributed by atoms with E-state index in [-0.39, 0.29) is 0 Å². The van der Waals surface area contributed by atoms with Gasteiger partial charge in [0.05, 0.1) is 7.11 Å². The van der Waals surface area contributed by atoms with Gasteiger partial charge in [-0.2, -0.15) is 0 Å². The minimum absolute atomic E-state index is 0.656. The van der Waals surface area contributed by atoms with E-state index in [4.69, 9.17) is 4.74 Å². The summed E-state index contributed by atoms with van der Waals surface area (Å²) in [5.41, 5.74) is 1.26. The summed E-state index contributed by atoms with van der Waals surface area (Å²) in [4.78, 5) is 2.39. The zero-order chi connectivity index (χ0) is 13.4. The van der Waals surface area contributed by atoms with Gasteiger partial charge >= 0.3 is 0 Å². The number of rotatable bonds is 8. The zero-order valence-corrected chi connectivity index (χ0v) is 12.1. The molecule has 102 valence electrons. The number of hydrogen-bond donors (Lipinski definition) is 1. The van der Waals surface area contributed by atoms with Crippen LogP contribution < -0.4 is 10.1 Å². The molecule has 3 nitrogen and oxygen atoms in total. The molecule has 0 aliphatic heterocycles. The lowest BCUT2D eigenvalue weighted by Crippen LogP contribution is -2.34. The van der Waals surface area contributed by atoms with Crippen molar-refractivity contribution in [1.82, 2.24) is 10.2 Å². The van der Waals surface area contributed by atoms with Crippen molar-refractivity contribution in [3.05, 3.63) is 29.8 Å². The largest absolute Gasteiger partial charge is 0.497 e. The highest BCUT2D eigenvalue weighted by molar-refractivity contribution is 5.28. The van der Waals surface area contributed by atoms with Crippen LogP contribution in [-0.2, 0) is 6.54 Å². The Bertz CT molecular complexity index is 341. The van der Waals surface area contributed by atoms with Crippen molar-refractivity contribution in [1.29, 1.82) is 0 Å². The van der Waals surface area contributed by atoms with Gasteiger partial charge in [0.1, 0.15) is 5.75 Å². The normalized spacial score (nSPS) is 12.7. The van der Waals surface area contributed by atoms with Crippen molar-refractivity contribution in [3.8, 4) is 5.75 Å². The van der Waals surface area contributed by atoms with Gasteiger partial charge in [-0.1, -0.05) is 19.1 Å². The van der Waals surface area contributed by atoms with Crippen LogP contribution >= 0.6 is 0 Å². The molecule has 3 heteroatoms. The maximum Gasteiger partial charge on any atom is 0.119 e. The number of hydrogen-bond acceptors (Lipinski definition) is 3. The van der Waals surface area contributed by atoms with Gasteiger partial charge in [-0.3, -0.25) is 0 Å². The molecular formula is C15H26N2O. The molecule has 1 atom stereocenters. The van der Waals surface area contributed by atoms with Crippen molar-refractivity contribution in [3.63, 3.8) is 0 Å². The highest BCUT2D eigenvalue weighted by Gasteiger charge is 2.05. The number of ether oxygens (including phenoxy) is 1. The van der Waals surface area contributed by atoms with Gasteiger partial charge < -0.3 is 15.0 Å². The van der Waals surface area contributed by atoms with Gasteiger partial charge in [-0.25, -0.2) is 0 Å². The predicted octanol–water partition coefficient (Wildman–Crippen LogP) is 2.52. The van der Waals surface area contributed by atoms with Gasteiger partial charge in [0.2, 0.25) is 0 Å². The molecule has 0 saturated carbocycles. The van der Waals surface area contributed by atoms with Crippen LogP contribution in [0.4, 0.5) is 0 Å². The minimum atomic E-state index is 0.656. The molecule has 0 spiro atoms. The van der Waals surface area contributed by atoms with Crippen molar-refractivity contribution in [2.24, 2.45) is 0 Å². The lowest BCUT2D eigenvalue weighted by atomic mass is 10.2. The first-order chi connectivity index (χ1) is 8.67. The summed E-state index contributed by atoms with van der Waals surface area (Å²) in [6.45, 7) is 7.48. The predicted molar refractivity (Wildman–Crippen MR) is 77.1 cm³/mol. The molecule has 18 heavy (non-hydrogen) atoms. The fourth-order valence-electron chi connectivity index (χ4n) is 1.80. The Morgan fingerprint density at radius 3 is 2.83 bits per heavy atom. The fraction of sp³-hybridized carbons (Fsp3) is 0.600. The summed E-state index contributed by atoms with van der Waals surface area (Å²) < 4.78 is 5.21. The van der Waals surface area contributed by atoms with Crippen LogP contribution in [0.5, 0.6) is 5.75 Å².